The highest BCUT2D eigenvalue weighted by Crippen LogP contribution is 2.42. The second kappa shape index (κ2) is 10.3. The zero-order chi connectivity index (χ0) is 23.4. The van der Waals surface area contributed by atoms with Gasteiger partial charge in [-0.15, -0.1) is 0 Å². The van der Waals surface area contributed by atoms with Crippen molar-refractivity contribution in [3.8, 4) is 6.07 Å². The van der Waals surface area contributed by atoms with E-state index in [1.165, 1.54) is 16.7 Å². The molecular weight excluding hydrogens is 522 g/mol. The molecule has 1 aliphatic rings. The molecule has 3 aromatic rings. The predicted octanol–water partition coefficient (Wildman–Crippen LogP) is 6.17. The molecule has 1 aliphatic heterocycles. The second-order valence-corrected chi connectivity index (χ2v) is 9.75. The largest absolute Gasteiger partial charge is 0.321 e. The summed E-state index contributed by atoms with van der Waals surface area (Å²) in [6, 6.07) is 25.4. The third-order valence-electron chi connectivity index (χ3n) is 4.94. The number of benzene rings is 3. The van der Waals surface area contributed by atoms with Crippen LogP contribution in [0.15, 0.2) is 93.9 Å². The molecule has 0 spiro atoms. The van der Waals surface area contributed by atoms with Gasteiger partial charge >= 0.3 is 0 Å². The van der Waals surface area contributed by atoms with Crippen molar-refractivity contribution in [3.63, 3.8) is 0 Å². The lowest BCUT2D eigenvalue weighted by molar-refractivity contribution is -0.117. The molecule has 1 atom stereocenters. The van der Waals surface area contributed by atoms with Crippen molar-refractivity contribution in [3.05, 3.63) is 105 Å². The van der Waals surface area contributed by atoms with E-state index in [4.69, 9.17) is 11.6 Å². The van der Waals surface area contributed by atoms with Crippen molar-refractivity contribution >= 4 is 62.5 Å². The van der Waals surface area contributed by atoms with Crippen molar-refractivity contribution in [2.75, 3.05) is 10.2 Å². The number of hydrogen-bond donors (Lipinski definition) is 1. The number of para-hydroxylation sites is 1. The second-order valence-electron chi connectivity index (χ2n) is 7.20. The van der Waals surface area contributed by atoms with Gasteiger partial charge in [-0.25, -0.2) is 0 Å². The molecule has 4 rings (SSSR count). The summed E-state index contributed by atoms with van der Waals surface area (Å²) in [6.07, 6.45) is 0.470. The van der Waals surface area contributed by atoms with Crippen molar-refractivity contribution in [2.24, 2.45) is 0 Å². The predicted molar refractivity (Wildman–Crippen MR) is 136 cm³/mol. The molecule has 1 fully saturated rings. The lowest BCUT2D eigenvalue weighted by Gasteiger charge is -2.18. The first-order valence-electron chi connectivity index (χ1n) is 9.97. The number of rotatable bonds is 5. The summed E-state index contributed by atoms with van der Waals surface area (Å²) in [6.45, 7) is 0. The van der Waals surface area contributed by atoms with E-state index < -0.39 is 11.2 Å². The number of nitriles is 1. The Bertz CT molecular complexity index is 1270. The van der Waals surface area contributed by atoms with E-state index in [2.05, 4.69) is 21.2 Å². The Hall–Kier alpha value is -3.05. The Labute approximate surface area is 209 Å². The van der Waals surface area contributed by atoms with Gasteiger partial charge in [-0.05, 0) is 54.4 Å². The molecule has 0 bridgehead atoms. The standard InChI is InChI=1S/C25H17BrClN3O2S/c26-17-11-9-16(10-12-17)13-22-24(32)30(20-7-2-1-3-8-20)25(33-22)21(15-28)23(31)29-19-6-4-5-18(27)14-19/h1-12,14,22H,13H2,(H,29,31). The Kier molecular flexibility index (Phi) is 7.19. The Morgan fingerprint density at radius 2 is 1.82 bits per heavy atom. The Morgan fingerprint density at radius 3 is 2.48 bits per heavy atom. The van der Waals surface area contributed by atoms with Gasteiger partial charge in [-0.2, -0.15) is 5.26 Å². The number of hydrogen-bond acceptors (Lipinski definition) is 4. The van der Waals surface area contributed by atoms with Crippen LogP contribution in [0.2, 0.25) is 5.02 Å². The number of carbonyl (C=O) groups is 2. The monoisotopic (exact) mass is 537 g/mol. The SMILES string of the molecule is N#CC(C(=O)Nc1cccc(Cl)c1)=C1SC(Cc2ccc(Br)cc2)C(=O)N1c1ccccc1. The zero-order valence-electron chi connectivity index (χ0n) is 17.2. The molecule has 1 N–H and O–H groups in total. The van der Waals surface area contributed by atoms with Crippen LogP contribution in [-0.2, 0) is 16.0 Å². The number of nitrogens with zero attached hydrogens (tertiary/aromatic N) is 2. The summed E-state index contributed by atoms with van der Waals surface area (Å²) in [7, 11) is 0. The molecule has 1 unspecified atom stereocenters. The number of thioether (sulfide) groups is 1. The highest BCUT2D eigenvalue weighted by atomic mass is 79.9. The van der Waals surface area contributed by atoms with Gasteiger partial charge in [0.1, 0.15) is 16.7 Å². The highest BCUT2D eigenvalue weighted by Gasteiger charge is 2.40. The summed E-state index contributed by atoms with van der Waals surface area (Å²) >= 11 is 10.7. The van der Waals surface area contributed by atoms with Crippen LogP contribution in [0.5, 0.6) is 0 Å². The van der Waals surface area contributed by atoms with Crippen LogP contribution in [-0.4, -0.2) is 17.1 Å². The van der Waals surface area contributed by atoms with E-state index in [0.717, 1.165) is 10.0 Å². The van der Waals surface area contributed by atoms with Gasteiger partial charge in [0.25, 0.3) is 5.91 Å². The van der Waals surface area contributed by atoms with E-state index in [1.807, 2.05) is 48.5 Å². The lowest BCUT2D eigenvalue weighted by atomic mass is 10.1. The maximum Gasteiger partial charge on any atom is 0.269 e. The van der Waals surface area contributed by atoms with Crippen molar-refractivity contribution in [1.29, 1.82) is 5.26 Å². The van der Waals surface area contributed by atoms with Crippen LogP contribution >= 0.6 is 39.3 Å². The third-order valence-corrected chi connectivity index (χ3v) is 6.96. The van der Waals surface area contributed by atoms with E-state index in [9.17, 15) is 14.9 Å². The molecule has 164 valence electrons. The van der Waals surface area contributed by atoms with Gasteiger partial charge in [-0.1, -0.05) is 75.7 Å². The van der Waals surface area contributed by atoms with Crippen LogP contribution < -0.4 is 10.2 Å². The summed E-state index contributed by atoms with van der Waals surface area (Å²) in [5, 5.41) is 12.9. The fourth-order valence-electron chi connectivity index (χ4n) is 3.39. The fraction of sp³-hybridized carbons (Fsp3) is 0.0800. The first-order valence-corrected chi connectivity index (χ1v) is 12.0. The van der Waals surface area contributed by atoms with Crippen molar-refractivity contribution < 1.29 is 9.59 Å². The van der Waals surface area contributed by atoms with Gasteiger partial charge in [-0.3, -0.25) is 14.5 Å². The minimum Gasteiger partial charge on any atom is -0.321 e. The van der Waals surface area contributed by atoms with E-state index in [0.29, 0.717) is 27.8 Å². The molecule has 0 saturated carbocycles. The number of anilines is 2. The highest BCUT2D eigenvalue weighted by molar-refractivity contribution is 9.10. The number of carbonyl (C=O) groups excluding carboxylic acids is 2. The molecule has 0 radical (unpaired) electrons. The van der Waals surface area contributed by atoms with Gasteiger partial charge in [0.05, 0.1) is 5.25 Å². The smallest absolute Gasteiger partial charge is 0.269 e. The number of amides is 2. The summed E-state index contributed by atoms with van der Waals surface area (Å²) in [5.41, 5.74) is 1.93. The van der Waals surface area contributed by atoms with Gasteiger partial charge in [0, 0.05) is 20.9 Å². The summed E-state index contributed by atoms with van der Waals surface area (Å²) < 4.78 is 0.951. The minimum absolute atomic E-state index is 0.129. The van der Waals surface area contributed by atoms with E-state index >= 15 is 0 Å². The molecule has 8 heteroatoms. The Balaban J connectivity index is 1.71. The molecule has 33 heavy (non-hydrogen) atoms. The maximum absolute atomic E-state index is 13.4. The van der Waals surface area contributed by atoms with Crippen molar-refractivity contribution in [1.82, 2.24) is 0 Å². The Morgan fingerprint density at radius 1 is 1.09 bits per heavy atom. The number of halogens is 2. The van der Waals surface area contributed by atoms with Crippen LogP contribution in [0.25, 0.3) is 0 Å². The van der Waals surface area contributed by atoms with Crippen LogP contribution in [0.1, 0.15) is 5.56 Å². The van der Waals surface area contributed by atoms with E-state index in [-0.39, 0.29) is 11.5 Å². The topological polar surface area (TPSA) is 73.2 Å². The maximum atomic E-state index is 13.4. The average Bonchev–Trinajstić information content (AvgIpc) is 3.12. The number of nitrogens with one attached hydrogen (secondary N) is 1. The lowest BCUT2D eigenvalue weighted by Crippen LogP contribution is -2.30. The van der Waals surface area contributed by atoms with Crippen LogP contribution in [0.3, 0.4) is 0 Å². The molecule has 0 aliphatic carbocycles. The first kappa shape index (κ1) is 23.1. The minimum atomic E-state index is -0.597. The molecule has 1 saturated heterocycles. The quantitative estimate of drug-likeness (QED) is 0.312. The van der Waals surface area contributed by atoms with Gasteiger partial charge < -0.3 is 5.32 Å². The normalized spacial score (nSPS) is 16.9. The molecule has 0 aromatic heterocycles. The van der Waals surface area contributed by atoms with Crippen LogP contribution in [0, 0.1) is 11.3 Å². The van der Waals surface area contributed by atoms with Crippen LogP contribution in [0.4, 0.5) is 11.4 Å². The molecule has 3 aromatic carbocycles. The molecule has 2 amide bonds. The summed E-state index contributed by atoms with van der Waals surface area (Å²) in [5.74, 6) is -0.771. The first-order chi connectivity index (χ1) is 16.0. The molecule has 5 nitrogen and oxygen atoms in total. The zero-order valence-corrected chi connectivity index (χ0v) is 20.3. The van der Waals surface area contributed by atoms with Crippen molar-refractivity contribution in [2.45, 2.75) is 11.7 Å². The van der Waals surface area contributed by atoms with Gasteiger partial charge in [0.2, 0.25) is 5.91 Å². The van der Waals surface area contributed by atoms with E-state index in [1.54, 1.807) is 36.4 Å². The average molecular weight is 539 g/mol. The fourth-order valence-corrected chi connectivity index (χ4v) is 5.16. The summed E-state index contributed by atoms with van der Waals surface area (Å²) in [4.78, 5) is 27.9. The third kappa shape index (κ3) is 5.31. The van der Waals surface area contributed by atoms with Gasteiger partial charge in [0.15, 0.2) is 0 Å². The molecule has 1 heterocycles. The molecular formula is C25H17BrClN3O2S.